The molecule has 2 fully saturated rings. The Balaban J connectivity index is 1.55. The maximum absolute atomic E-state index is 10.7. The van der Waals surface area contributed by atoms with Crippen LogP contribution in [-0.4, -0.2) is 16.3 Å². The van der Waals surface area contributed by atoms with Gasteiger partial charge in [0.25, 0.3) is 0 Å². The first-order valence-corrected chi connectivity index (χ1v) is 10.6. The van der Waals surface area contributed by atoms with E-state index in [1.165, 1.54) is 36.0 Å². The van der Waals surface area contributed by atoms with Crippen molar-refractivity contribution in [1.82, 2.24) is 0 Å². The third kappa shape index (κ3) is 2.56. The van der Waals surface area contributed by atoms with Crippen molar-refractivity contribution in [2.75, 3.05) is 0 Å². The van der Waals surface area contributed by atoms with Crippen LogP contribution in [0.1, 0.15) is 61.6 Å². The molecule has 0 amide bonds. The predicted molar refractivity (Wildman–Crippen MR) is 109 cm³/mol. The van der Waals surface area contributed by atoms with Crippen molar-refractivity contribution in [2.24, 2.45) is 17.3 Å². The second-order valence-corrected chi connectivity index (χ2v) is 9.49. The molecule has 142 valence electrons. The van der Waals surface area contributed by atoms with Crippen molar-refractivity contribution in [2.45, 2.75) is 64.4 Å². The van der Waals surface area contributed by atoms with E-state index in [9.17, 15) is 10.2 Å². The van der Waals surface area contributed by atoms with Crippen LogP contribution in [-0.2, 0) is 6.42 Å². The Kier molecular flexibility index (Phi) is 3.91. The zero-order chi connectivity index (χ0) is 18.8. The lowest BCUT2D eigenvalue weighted by atomic mass is 9.55. The van der Waals surface area contributed by atoms with E-state index in [-0.39, 0.29) is 11.5 Å². The summed E-state index contributed by atoms with van der Waals surface area (Å²) in [6, 6.07) is 12.8. The van der Waals surface area contributed by atoms with E-state index < -0.39 is 0 Å². The monoisotopic (exact) mass is 362 g/mol. The molecule has 5 atom stereocenters. The molecule has 0 saturated heterocycles. The molecule has 3 aliphatic carbocycles. The minimum atomic E-state index is -0.118. The molecule has 2 N–H and O–H groups in total. The van der Waals surface area contributed by atoms with Gasteiger partial charge >= 0.3 is 0 Å². The van der Waals surface area contributed by atoms with Crippen LogP contribution >= 0.6 is 0 Å². The zero-order valence-corrected chi connectivity index (χ0v) is 16.4. The first-order chi connectivity index (χ1) is 13.0. The van der Waals surface area contributed by atoms with Crippen LogP contribution in [0, 0.1) is 24.2 Å². The highest BCUT2D eigenvalue weighted by Crippen LogP contribution is 2.61. The number of fused-ring (bicyclic) bond motifs is 5. The van der Waals surface area contributed by atoms with Gasteiger partial charge in [-0.15, -0.1) is 0 Å². The molecule has 27 heavy (non-hydrogen) atoms. The molecule has 0 unspecified atom stereocenters. The highest BCUT2D eigenvalue weighted by molar-refractivity contribution is 5.72. The fourth-order valence-electron chi connectivity index (χ4n) is 6.55. The Morgan fingerprint density at radius 1 is 1.00 bits per heavy atom. The third-order valence-electron chi connectivity index (χ3n) is 8.15. The molecule has 2 saturated carbocycles. The van der Waals surface area contributed by atoms with E-state index in [2.05, 4.69) is 44.2 Å². The lowest BCUT2D eigenvalue weighted by molar-refractivity contribution is -0.0226. The molecule has 0 aliphatic heterocycles. The van der Waals surface area contributed by atoms with Crippen LogP contribution in [0.5, 0.6) is 5.75 Å². The molecular weight excluding hydrogens is 332 g/mol. The Labute approximate surface area is 162 Å². The minimum Gasteiger partial charge on any atom is -0.507 e. The summed E-state index contributed by atoms with van der Waals surface area (Å²) in [5.41, 5.74) is 6.22. The topological polar surface area (TPSA) is 40.5 Å². The number of aromatic hydroxyl groups is 1. The van der Waals surface area contributed by atoms with Crippen molar-refractivity contribution in [3.63, 3.8) is 0 Å². The normalized spacial score (nSPS) is 34.6. The van der Waals surface area contributed by atoms with Crippen molar-refractivity contribution in [3.8, 4) is 16.9 Å². The molecule has 0 heterocycles. The van der Waals surface area contributed by atoms with Gasteiger partial charge in [-0.2, -0.15) is 0 Å². The maximum Gasteiger partial charge on any atom is 0.123 e. The molecule has 0 spiro atoms. The lowest BCUT2D eigenvalue weighted by Crippen LogP contribution is -2.43. The van der Waals surface area contributed by atoms with E-state index in [1.807, 2.05) is 6.07 Å². The molecule has 5 rings (SSSR count). The maximum atomic E-state index is 10.7. The fourth-order valence-corrected chi connectivity index (χ4v) is 6.55. The number of aliphatic hydroxyl groups excluding tert-OH is 1. The van der Waals surface area contributed by atoms with Crippen molar-refractivity contribution in [1.29, 1.82) is 0 Å². The lowest BCUT2D eigenvalue weighted by Gasteiger charge is -2.50. The van der Waals surface area contributed by atoms with E-state index >= 15 is 0 Å². The van der Waals surface area contributed by atoms with Gasteiger partial charge in [0.15, 0.2) is 0 Å². The van der Waals surface area contributed by atoms with E-state index in [0.717, 1.165) is 30.4 Å². The molecule has 0 aromatic heterocycles. The molecule has 0 radical (unpaired) electrons. The minimum absolute atomic E-state index is 0.118. The second-order valence-electron chi connectivity index (χ2n) is 9.49. The standard InChI is InChI=1S/C25H30O2/c1-15-3-5-16(6-4-15)21-14-20-17(13-23(21)26)7-8-19-18(20)11-12-25(2)22(19)9-10-24(25)27/h3-6,13-14,18-19,22,24,26-27H,7-12H2,1-2H3/t18-,19+,22-,24-,25-/m0/s1. The van der Waals surface area contributed by atoms with Crippen LogP contribution in [0.4, 0.5) is 0 Å². The summed E-state index contributed by atoms with van der Waals surface area (Å²) in [4.78, 5) is 0. The highest BCUT2D eigenvalue weighted by Gasteiger charge is 2.54. The number of hydrogen-bond donors (Lipinski definition) is 2. The number of aliphatic hydroxyl groups is 1. The Bertz CT molecular complexity index is 869. The summed E-state index contributed by atoms with van der Waals surface area (Å²) in [7, 11) is 0. The number of hydrogen-bond acceptors (Lipinski definition) is 2. The summed E-state index contributed by atoms with van der Waals surface area (Å²) in [6.45, 7) is 4.42. The third-order valence-corrected chi connectivity index (χ3v) is 8.15. The van der Waals surface area contributed by atoms with Crippen LogP contribution < -0.4 is 0 Å². The first kappa shape index (κ1) is 17.3. The largest absolute Gasteiger partial charge is 0.507 e. The molecule has 2 aromatic rings. The average molecular weight is 363 g/mol. The van der Waals surface area contributed by atoms with Gasteiger partial charge in [0.2, 0.25) is 0 Å². The van der Waals surface area contributed by atoms with Gasteiger partial charge < -0.3 is 10.2 Å². The van der Waals surface area contributed by atoms with Gasteiger partial charge in [-0.25, -0.2) is 0 Å². The number of benzene rings is 2. The SMILES string of the molecule is Cc1ccc(-c2cc3c(cc2O)CC[C@@H]2[C@@H]3CC[C@]3(C)[C@@H](O)CC[C@@H]23)cc1. The number of rotatable bonds is 1. The van der Waals surface area contributed by atoms with Crippen LogP contribution in [0.25, 0.3) is 11.1 Å². The fraction of sp³-hybridized carbons (Fsp3) is 0.520. The van der Waals surface area contributed by atoms with E-state index in [1.54, 1.807) is 0 Å². The van der Waals surface area contributed by atoms with Crippen molar-refractivity contribution >= 4 is 0 Å². The summed E-state index contributed by atoms with van der Waals surface area (Å²) < 4.78 is 0. The zero-order valence-electron chi connectivity index (χ0n) is 16.4. The summed E-state index contributed by atoms with van der Waals surface area (Å²) in [6.07, 6.45) is 6.58. The molecule has 3 aliphatic rings. The average Bonchev–Trinajstić information content (AvgIpc) is 2.97. The van der Waals surface area contributed by atoms with Gasteiger partial charge in [-0.3, -0.25) is 0 Å². The molecular formula is C25H30O2. The molecule has 0 bridgehead atoms. The molecule has 2 nitrogen and oxygen atoms in total. The predicted octanol–water partition coefficient (Wildman–Crippen LogP) is 5.58. The second kappa shape index (κ2) is 6.10. The van der Waals surface area contributed by atoms with Crippen molar-refractivity contribution in [3.05, 3.63) is 53.1 Å². The molecule has 2 aromatic carbocycles. The quantitative estimate of drug-likeness (QED) is 0.695. The Hall–Kier alpha value is -1.80. The van der Waals surface area contributed by atoms with Gasteiger partial charge in [0.05, 0.1) is 6.10 Å². The smallest absolute Gasteiger partial charge is 0.123 e. The van der Waals surface area contributed by atoms with Gasteiger partial charge in [-0.1, -0.05) is 36.8 Å². The number of phenolic OH excluding ortho intramolecular Hbond substituents is 1. The summed E-state index contributed by atoms with van der Waals surface area (Å²) >= 11 is 0. The van der Waals surface area contributed by atoms with Crippen molar-refractivity contribution < 1.29 is 10.2 Å². The van der Waals surface area contributed by atoms with Crippen LogP contribution in [0.3, 0.4) is 0 Å². The Morgan fingerprint density at radius 3 is 2.56 bits per heavy atom. The molecule has 2 heteroatoms. The van der Waals surface area contributed by atoms with Gasteiger partial charge in [-0.05, 0) is 97.4 Å². The first-order valence-electron chi connectivity index (χ1n) is 10.6. The van der Waals surface area contributed by atoms with Crippen LogP contribution in [0.2, 0.25) is 0 Å². The summed E-state index contributed by atoms with van der Waals surface area (Å²) in [5, 5.41) is 21.3. The van der Waals surface area contributed by atoms with Gasteiger partial charge in [0, 0.05) is 5.56 Å². The summed E-state index contributed by atoms with van der Waals surface area (Å²) in [5.74, 6) is 2.33. The number of aryl methyl sites for hydroxylation is 2. The van der Waals surface area contributed by atoms with Crippen LogP contribution in [0.15, 0.2) is 36.4 Å². The van der Waals surface area contributed by atoms with E-state index in [4.69, 9.17) is 0 Å². The van der Waals surface area contributed by atoms with E-state index in [0.29, 0.717) is 23.5 Å². The number of phenols is 1. The Morgan fingerprint density at radius 2 is 1.78 bits per heavy atom. The highest BCUT2D eigenvalue weighted by atomic mass is 16.3. The van der Waals surface area contributed by atoms with Gasteiger partial charge in [0.1, 0.15) is 5.75 Å².